The lowest BCUT2D eigenvalue weighted by Crippen LogP contribution is -2.39. The van der Waals surface area contributed by atoms with Crippen molar-refractivity contribution in [2.45, 2.75) is 57.9 Å². The minimum absolute atomic E-state index is 0.288. The molecule has 1 aromatic heterocycles. The molecular weight excluding hydrogens is 354 g/mol. The molecule has 0 N–H and O–H groups in total. The molecule has 6 nitrogen and oxygen atoms in total. The van der Waals surface area contributed by atoms with Gasteiger partial charge in [0.15, 0.2) is 0 Å². The van der Waals surface area contributed by atoms with E-state index < -0.39 is 0 Å². The fourth-order valence-electron chi connectivity index (χ4n) is 4.81. The van der Waals surface area contributed by atoms with Crippen LogP contribution in [0.5, 0.6) is 5.75 Å². The summed E-state index contributed by atoms with van der Waals surface area (Å²) >= 11 is 0. The highest BCUT2D eigenvalue weighted by molar-refractivity contribution is 5.77. The van der Waals surface area contributed by atoms with Crippen molar-refractivity contribution < 1.29 is 14.1 Å². The van der Waals surface area contributed by atoms with Crippen molar-refractivity contribution in [2.75, 3.05) is 13.7 Å². The van der Waals surface area contributed by atoms with Gasteiger partial charge in [-0.15, -0.1) is 0 Å². The standard InChI is InChI=1S/C22H29N3O3/c1-15-14-25(19-7-4-3-6-18(15)19)21(26)9-5-8-20-23-22(24-28-20)16-10-12-17(27-2)13-11-16/h10-13,15,18-19H,3-9,14H2,1-2H3. The summed E-state index contributed by atoms with van der Waals surface area (Å²) in [5, 5.41) is 4.06. The molecule has 1 aliphatic heterocycles. The Bertz CT molecular complexity index is 802. The maximum atomic E-state index is 12.8. The van der Waals surface area contributed by atoms with E-state index in [9.17, 15) is 4.79 Å². The Balaban J connectivity index is 1.29. The Morgan fingerprint density at radius 2 is 2.04 bits per heavy atom. The van der Waals surface area contributed by atoms with E-state index in [0.29, 0.717) is 42.4 Å². The van der Waals surface area contributed by atoms with Gasteiger partial charge in [0.25, 0.3) is 0 Å². The van der Waals surface area contributed by atoms with Gasteiger partial charge in [-0.1, -0.05) is 24.9 Å². The predicted molar refractivity (Wildman–Crippen MR) is 106 cm³/mol. The van der Waals surface area contributed by atoms with Crippen LogP contribution < -0.4 is 4.74 Å². The number of amides is 1. The Labute approximate surface area is 166 Å². The molecule has 0 bridgehead atoms. The van der Waals surface area contributed by atoms with Gasteiger partial charge >= 0.3 is 0 Å². The quantitative estimate of drug-likeness (QED) is 0.751. The van der Waals surface area contributed by atoms with E-state index in [4.69, 9.17) is 9.26 Å². The van der Waals surface area contributed by atoms with E-state index in [0.717, 1.165) is 24.3 Å². The second-order valence-electron chi connectivity index (χ2n) is 8.13. The number of benzene rings is 1. The zero-order chi connectivity index (χ0) is 19.5. The lowest BCUT2D eigenvalue weighted by Gasteiger charge is -2.32. The number of hydrogen-bond acceptors (Lipinski definition) is 5. The summed E-state index contributed by atoms with van der Waals surface area (Å²) in [7, 11) is 1.64. The number of aryl methyl sites for hydroxylation is 1. The van der Waals surface area contributed by atoms with Crippen LogP contribution in [0.1, 0.15) is 51.3 Å². The number of ether oxygens (including phenoxy) is 1. The van der Waals surface area contributed by atoms with Gasteiger partial charge in [0.2, 0.25) is 17.6 Å². The first kappa shape index (κ1) is 19.0. The summed E-state index contributed by atoms with van der Waals surface area (Å²) in [6.45, 7) is 3.23. The largest absolute Gasteiger partial charge is 0.497 e. The van der Waals surface area contributed by atoms with E-state index in [1.54, 1.807) is 7.11 Å². The Morgan fingerprint density at radius 1 is 1.25 bits per heavy atom. The molecule has 1 amide bonds. The molecule has 150 valence electrons. The molecule has 0 radical (unpaired) electrons. The molecule has 1 aliphatic carbocycles. The topological polar surface area (TPSA) is 68.5 Å². The molecule has 1 aromatic carbocycles. The number of nitrogens with zero attached hydrogens (tertiary/aromatic N) is 3. The Hall–Kier alpha value is -2.37. The Kier molecular flexibility index (Phi) is 5.64. The molecular formula is C22H29N3O3. The normalized spacial score (nSPS) is 24.2. The molecule has 6 heteroatoms. The van der Waals surface area contributed by atoms with Crippen LogP contribution in [0.3, 0.4) is 0 Å². The third-order valence-corrected chi connectivity index (χ3v) is 6.32. The SMILES string of the molecule is COc1ccc(-c2noc(CCCC(=O)N3CC(C)C4CCCCC43)n2)cc1. The first-order valence-electron chi connectivity index (χ1n) is 10.4. The van der Waals surface area contributed by atoms with Crippen LogP contribution >= 0.6 is 0 Å². The van der Waals surface area contributed by atoms with Crippen molar-refractivity contribution in [3.05, 3.63) is 30.2 Å². The second-order valence-corrected chi connectivity index (χ2v) is 8.13. The molecule has 2 fully saturated rings. The van der Waals surface area contributed by atoms with E-state index in [1.807, 2.05) is 24.3 Å². The number of methoxy groups -OCH3 is 1. The molecule has 2 heterocycles. The van der Waals surface area contributed by atoms with Crippen LogP contribution in [0.25, 0.3) is 11.4 Å². The number of rotatable bonds is 6. The van der Waals surface area contributed by atoms with Gasteiger partial charge in [0.1, 0.15) is 5.75 Å². The minimum Gasteiger partial charge on any atom is -0.497 e. The average Bonchev–Trinajstić information content (AvgIpc) is 3.33. The van der Waals surface area contributed by atoms with Gasteiger partial charge in [0.05, 0.1) is 7.11 Å². The summed E-state index contributed by atoms with van der Waals surface area (Å²) in [5.74, 6) is 3.59. The third kappa shape index (κ3) is 3.91. The molecule has 0 spiro atoms. The molecule has 3 atom stereocenters. The van der Waals surface area contributed by atoms with Crippen LogP contribution in [0, 0.1) is 11.8 Å². The van der Waals surface area contributed by atoms with Crippen molar-refractivity contribution in [1.29, 1.82) is 0 Å². The van der Waals surface area contributed by atoms with Crippen molar-refractivity contribution in [3.8, 4) is 17.1 Å². The van der Waals surface area contributed by atoms with E-state index in [1.165, 1.54) is 25.7 Å². The number of fused-ring (bicyclic) bond motifs is 1. The van der Waals surface area contributed by atoms with Crippen LogP contribution in [0.15, 0.2) is 28.8 Å². The van der Waals surface area contributed by atoms with Crippen LogP contribution in [0.4, 0.5) is 0 Å². The lowest BCUT2D eigenvalue weighted by atomic mass is 9.80. The van der Waals surface area contributed by atoms with Crippen molar-refractivity contribution >= 4 is 5.91 Å². The first-order chi connectivity index (χ1) is 13.7. The van der Waals surface area contributed by atoms with E-state index in [2.05, 4.69) is 22.0 Å². The highest BCUT2D eigenvalue weighted by Gasteiger charge is 2.42. The number of aromatic nitrogens is 2. The zero-order valence-electron chi connectivity index (χ0n) is 16.8. The summed E-state index contributed by atoms with van der Waals surface area (Å²) in [4.78, 5) is 19.4. The number of carbonyl (C=O) groups excluding carboxylic acids is 1. The summed E-state index contributed by atoms with van der Waals surface area (Å²) in [5.41, 5.74) is 0.890. The average molecular weight is 383 g/mol. The molecule has 2 aliphatic rings. The fraction of sp³-hybridized carbons (Fsp3) is 0.591. The zero-order valence-corrected chi connectivity index (χ0v) is 16.8. The molecule has 2 aromatic rings. The van der Waals surface area contributed by atoms with Crippen LogP contribution in [-0.4, -0.2) is 40.6 Å². The number of carbonyl (C=O) groups is 1. The molecule has 4 rings (SSSR count). The highest BCUT2D eigenvalue weighted by Crippen LogP contribution is 2.40. The van der Waals surface area contributed by atoms with Gasteiger partial charge in [-0.05, 0) is 55.4 Å². The predicted octanol–water partition coefficient (Wildman–Crippen LogP) is 4.11. The van der Waals surface area contributed by atoms with E-state index in [-0.39, 0.29) is 5.91 Å². The third-order valence-electron chi connectivity index (χ3n) is 6.32. The van der Waals surface area contributed by atoms with Gasteiger partial charge in [-0.3, -0.25) is 4.79 Å². The fourth-order valence-corrected chi connectivity index (χ4v) is 4.81. The molecule has 28 heavy (non-hydrogen) atoms. The Morgan fingerprint density at radius 3 is 2.82 bits per heavy atom. The molecule has 3 unspecified atom stereocenters. The van der Waals surface area contributed by atoms with Crippen LogP contribution in [-0.2, 0) is 11.2 Å². The van der Waals surface area contributed by atoms with Gasteiger partial charge < -0.3 is 14.2 Å². The van der Waals surface area contributed by atoms with Gasteiger partial charge in [-0.2, -0.15) is 4.98 Å². The van der Waals surface area contributed by atoms with Crippen molar-refractivity contribution in [3.63, 3.8) is 0 Å². The smallest absolute Gasteiger partial charge is 0.226 e. The second kappa shape index (κ2) is 8.33. The van der Waals surface area contributed by atoms with Crippen molar-refractivity contribution in [1.82, 2.24) is 15.0 Å². The number of likely N-dealkylation sites (tertiary alicyclic amines) is 1. The van der Waals surface area contributed by atoms with Gasteiger partial charge in [-0.25, -0.2) is 0 Å². The number of hydrogen-bond donors (Lipinski definition) is 0. The maximum absolute atomic E-state index is 12.8. The monoisotopic (exact) mass is 383 g/mol. The first-order valence-corrected chi connectivity index (χ1v) is 10.4. The summed E-state index contributed by atoms with van der Waals surface area (Å²) < 4.78 is 10.5. The molecule has 1 saturated heterocycles. The lowest BCUT2D eigenvalue weighted by molar-refractivity contribution is -0.132. The van der Waals surface area contributed by atoms with E-state index >= 15 is 0 Å². The summed E-state index contributed by atoms with van der Waals surface area (Å²) in [6, 6.07) is 8.04. The minimum atomic E-state index is 0.288. The van der Waals surface area contributed by atoms with Gasteiger partial charge in [0, 0.05) is 31.0 Å². The maximum Gasteiger partial charge on any atom is 0.226 e. The van der Waals surface area contributed by atoms with Crippen LogP contribution in [0.2, 0.25) is 0 Å². The highest BCUT2D eigenvalue weighted by atomic mass is 16.5. The summed E-state index contributed by atoms with van der Waals surface area (Å²) in [6.07, 6.45) is 6.96. The molecule has 1 saturated carbocycles. The van der Waals surface area contributed by atoms with Crippen molar-refractivity contribution in [2.24, 2.45) is 11.8 Å².